The van der Waals surface area contributed by atoms with Crippen molar-refractivity contribution < 1.29 is 9.53 Å². The lowest BCUT2D eigenvalue weighted by Crippen LogP contribution is -2.48. The quantitative estimate of drug-likeness (QED) is 0.672. The van der Waals surface area contributed by atoms with Crippen LogP contribution in [0.5, 0.6) is 5.75 Å². The molecule has 0 aromatic heterocycles. The number of nitriles is 1. The number of anilines is 2. The minimum atomic E-state index is -0.0295. The Bertz CT molecular complexity index is 860. The van der Waals surface area contributed by atoms with Crippen LogP contribution in [0.15, 0.2) is 53.4 Å². The molecule has 3 rings (SSSR count). The van der Waals surface area contributed by atoms with Crippen molar-refractivity contribution in [3.8, 4) is 11.8 Å². The number of hydrogen-bond acceptors (Lipinski definition) is 6. The summed E-state index contributed by atoms with van der Waals surface area (Å²) in [5.41, 5.74) is 1.88. The van der Waals surface area contributed by atoms with E-state index in [9.17, 15) is 4.79 Å². The molecule has 2 aromatic carbocycles. The van der Waals surface area contributed by atoms with Crippen molar-refractivity contribution in [2.24, 2.45) is 0 Å². The van der Waals surface area contributed by atoms with Gasteiger partial charge >= 0.3 is 0 Å². The lowest BCUT2D eigenvalue weighted by molar-refractivity contribution is -0.117. The molecule has 1 saturated heterocycles. The van der Waals surface area contributed by atoms with E-state index < -0.39 is 0 Å². The molecule has 0 radical (unpaired) electrons. The topological polar surface area (TPSA) is 68.6 Å². The van der Waals surface area contributed by atoms with E-state index in [1.165, 1.54) is 11.8 Å². The number of carbonyl (C=O) groups is 1. The van der Waals surface area contributed by atoms with E-state index in [0.29, 0.717) is 18.9 Å². The van der Waals surface area contributed by atoms with Gasteiger partial charge in [-0.2, -0.15) is 5.26 Å². The van der Waals surface area contributed by atoms with Gasteiger partial charge in [0.25, 0.3) is 0 Å². The summed E-state index contributed by atoms with van der Waals surface area (Å²) in [5, 5.41) is 11.8. The lowest BCUT2D eigenvalue weighted by Gasteiger charge is -2.36. The summed E-state index contributed by atoms with van der Waals surface area (Å²) in [6, 6.07) is 17.8. The zero-order valence-corrected chi connectivity index (χ0v) is 17.5. The number of carbonyl (C=O) groups excluding carboxylic acids is 1. The molecule has 0 bridgehead atoms. The highest BCUT2D eigenvalue weighted by molar-refractivity contribution is 7.99. The molecule has 6 nitrogen and oxygen atoms in total. The number of thioether (sulfide) groups is 1. The Morgan fingerprint density at radius 1 is 1.14 bits per heavy atom. The molecule has 1 aliphatic rings. The Hall–Kier alpha value is -2.69. The number of amides is 1. The number of piperazine rings is 1. The smallest absolute Gasteiger partial charge is 0.238 e. The summed E-state index contributed by atoms with van der Waals surface area (Å²) in [6.07, 6.45) is 0. The number of benzene rings is 2. The average Bonchev–Trinajstić information content (AvgIpc) is 2.74. The average molecular weight is 411 g/mol. The number of para-hydroxylation sites is 3. The minimum absolute atomic E-state index is 0.0295. The Labute approximate surface area is 176 Å². The van der Waals surface area contributed by atoms with Gasteiger partial charge in [-0.3, -0.25) is 9.69 Å². The van der Waals surface area contributed by atoms with Crippen molar-refractivity contribution in [3.63, 3.8) is 0 Å². The zero-order valence-electron chi connectivity index (χ0n) is 16.6. The van der Waals surface area contributed by atoms with Gasteiger partial charge in [-0.1, -0.05) is 24.3 Å². The third kappa shape index (κ3) is 5.89. The van der Waals surface area contributed by atoms with Gasteiger partial charge in [0.05, 0.1) is 36.3 Å². The van der Waals surface area contributed by atoms with Crippen LogP contribution in [0.2, 0.25) is 0 Å². The van der Waals surface area contributed by atoms with Crippen molar-refractivity contribution in [2.75, 3.05) is 55.3 Å². The summed E-state index contributed by atoms with van der Waals surface area (Å²) >= 11 is 1.43. The van der Waals surface area contributed by atoms with Crippen molar-refractivity contribution in [2.45, 2.75) is 11.8 Å². The molecule has 152 valence electrons. The number of ether oxygens (including phenoxy) is 1. The van der Waals surface area contributed by atoms with Gasteiger partial charge in [-0.05, 0) is 31.2 Å². The first-order valence-corrected chi connectivity index (χ1v) is 10.8. The van der Waals surface area contributed by atoms with Crippen LogP contribution in [0.1, 0.15) is 6.92 Å². The lowest BCUT2D eigenvalue weighted by atomic mass is 10.2. The molecule has 0 aliphatic carbocycles. The molecule has 0 spiro atoms. The third-order valence-corrected chi connectivity index (χ3v) is 5.64. The van der Waals surface area contributed by atoms with Gasteiger partial charge in [-0.25, -0.2) is 0 Å². The number of nitrogens with one attached hydrogen (secondary N) is 1. The fraction of sp³-hybridized carbons (Fsp3) is 0.364. The molecular weight excluding hydrogens is 384 g/mol. The Kier molecular flexibility index (Phi) is 7.79. The second-order valence-electron chi connectivity index (χ2n) is 6.66. The maximum absolute atomic E-state index is 12.5. The van der Waals surface area contributed by atoms with Gasteiger partial charge in [0.1, 0.15) is 5.75 Å². The normalized spacial score (nSPS) is 14.3. The van der Waals surface area contributed by atoms with Crippen molar-refractivity contribution >= 4 is 29.0 Å². The van der Waals surface area contributed by atoms with Crippen LogP contribution in [0.3, 0.4) is 0 Å². The summed E-state index contributed by atoms with van der Waals surface area (Å²) in [4.78, 5) is 17.9. The van der Waals surface area contributed by atoms with Crippen LogP contribution < -0.4 is 15.0 Å². The standard InChI is InChI=1S/C22H26N4O2S/c1-2-28-20-9-5-4-8-19(20)26-14-12-25(13-15-26)17-22(27)24-18-7-3-6-10-21(18)29-16-11-23/h3-10H,2,12-17H2,1H3,(H,24,27). The maximum Gasteiger partial charge on any atom is 0.238 e. The van der Waals surface area contributed by atoms with E-state index >= 15 is 0 Å². The predicted octanol–water partition coefficient (Wildman–Crippen LogP) is 3.46. The van der Waals surface area contributed by atoms with E-state index in [4.69, 9.17) is 10.00 Å². The molecular formula is C22H26N4O2S. The van der Waals surface area contributed by atoms with E-state index in [1.807, 2.05) is 49.4 Å². The second kappa shape index (κ2) is 10.7. The molecule has 1 N–H and O–H groups in total. The van der Waals surface area contributed by atoms with E-state index in [-0.39, 0.29) is 5.91 Å². The van der Waals surface area contributed by atoms with Crippen molar-refractivity contribution in [1.29, 1.82) is 5.26 Å². The largest absolute Gasteiger partial charge is 0.492 e. The van der Waals surface area contributed by atoms with Crippen molar-refractivity contribution in [3.05, 3.63) is 48.5 Å². The first-order chi connectivity index (χ1) is 14.2. The Morgan fingerprint density at radius 3 is 2.62 bits per heavy atom. The number of nitrogens with zero attached hydrogens (tertiary/aromatic N) is 3. The fourth-order valence-electron chi connectivity index (χ4n) is 3.34. The van der Waals surface area contributed by atoms with E-state index in [2.05, 4.69) is 27.3 Å². The predicted molar refractivity (Wildman–Crippen MR) is 118 cm³/mol. The molecule has 29 heavy (non-hydrogen) atoms. The van der Waals surface area contributed by atoms with E-state index in [1.54, 1.807) is 0 Å². The van der Waals surface area contributed by atoms with Crippen LogP contribution in [0.25, 0.3) is 0 Å². The Morgan fingerprint density at radius 2 is 1.86 bits per heavy atom. The summed E-state index contributed by atoms with van der Waals surface area (Å²) in [6.45, 7) is 6.34. The molecule has 1 heterocycles. The Balaban J connectivity index is 1.53. The van der Waals surface area contributed by atoms with Crippen molar-refractivity contribution in [1.82, 2.24) is 4.90 Å². The molecule has 1 amide bonds. The summed E-state index contributed by atoms with van der Waals surface area (Å²) in [7, 11) is 0. The van der Waals surface area contributed by atoms with Gasteiger partial charge in [0, 0.05) is 31.1 Å². The van der Waals surface area contributed by atoms with Crippen LogP contribution in [0.4, 0.5) is 11.4 Å². The summed E-state index contributed by atoms with van der Waals surface area (Å²) in [5.74, 6) is 1.24. The van der Waals surface area contributed by atoms with Gasteiger partial charge < -0.3 is 15.0 Å². The minimum Gasteiger partial charge on any atom is -0.492 e. The van der Waals surface area contributed by atoms with Gasteiger partial charge in [0.15, 0.2) is 0 Å². The van der Waals surface area contributed by atoms with Crippen LogP contribution >= 0.6 is 11.8 Å². The second-order valence-corrected chi connectivity index (χ2v) is 7.67. The zero-order chi connectivity index (χ0) is 20.5. The van der Waals surface area contributed by atoms with Crippen LogP contribution in [0, 0.1) is 11.3 Å². The molecule has 0 unspecified atom stereocenters. The highest BCUT2D eigenvalue weighted by atomic mass is 32.2. The van der Waals surface area contributed by atoms with Gasteiger partial charge in [-0.15, -0.1) is 11.8 Å². The molecule has 7 heteroatoms. The SMILES string of the molecule is CCOc1ccccc1N1CCN(CC(=O)Nc2ccccc2SCC#N)CC1. The van der Waals surface area contributed by atoms with Crippen LogP contribution in [-0.4, -0.2) is 55.9 Å². The summed E-state index contributed by atoms with van der Waals surface area (Å²) < 4.78 is 5.75. The number of hydrogen-bond donors (Lipinski definition) is 1. The molecule has 0 saturated carbocycles. The first-order valence-electron chi connectivity index (χ1n) is 9.79. The highest BCUT2D eigenvalue weighted by Gasteiger charge is 2.21. The van der Waals surface area contributed by atoms with E-state index in [0.717, 1.165) is 48.2 Å². The molecule has 1 aliphatic heterocycles. The molecule has 0 atom stereocenters. The maximum atomic E-state index is 12.5. The number of rotatable bonds is 8. The van der Waals surface area contributed by atoms with Crippen LogP contribution in [-0.2, 0) is 4.79 Å². The van der Waals surface area contributed by atoms with Gasteiger partial charge in [0.2, 0.25) is 5.91 Å². The molecule has 1 fully saturated rings. The molecule has 2 aromatic rings. The third-order valence-electron chi connectivity index (χ3n) is 4.70. The highest BCUT2D eigenvalue weighted by Crippen LogP contribution is 2.29. The monoisotopic (exact) mass is 410 g/mol. The fourth-order valence-corrected chi connectivity index (χ4v) is 4.01. The first kappa shape index (κ1) is 21.0.